The third-order valence-corrected chi connectivity index (χ3v) is 6.74. The number of amides is 1. The monoisotopic (exact) mass is 466 g/mol. The molecule has 1 atom stereocenters. The van der Waals surface area contributed by atoms with E-state index in [0.717, 1.165) is 22.5 Å². The highest BCUT2D eigenvalue weighted by molar-refractivity contribution is 7.89. The molecule has 29 heavy (non-hydrogen) atoms. The molecule has 1 N–H and O–H groups in total. The van der Waals surface area contributed by atoms with Gasteiger partial charge in [-0.05, 0) is 49.2 Å². The Kier molecular flexibility index (Phi) is 6.14. The zero-order valence-electron chi connectivity index (χ0n) is 14.7. The number of hydrogen-bond donors (Lipinski definition) is 1. The summed E-state index contributed by atoms with van der Waals surface area (Å²) in [7, 11) is -4.30. The molecule has 2 aromatic rings. The van der Waals surface area contributed by atoms with Crippen LogP contribution in [0, 0.1) is 0 Å². The summed E-state index contributed by atoms with van der Waals surface area (Å²) < 4.78 is 65.6. The van der Waals surface area contributed by atoms with E-state index in [4.69, 9.17) is 23.2 Å². The summed E-state index contributed by atoms with van der Waals surface area (Å²) in [6.45, 7) is 0.0208. The lowest BCUT2D eigenvalue weighted by Crippen LogP contribution is -2.43. The van der Waals surface area contributed by atoms with E-state index >= 15 is 0 Å². The van der Waals surface area contributed by atoms with E-state index in [2.05, 4.69) is 5.32 Å². The molecule has 0 spiro atoms. The molecule has 1 fully saturated rings. The SMILES string of the molecule is O=C(Nc1cc(Cl)cc(Cl)c1)[C@H]1CCCN1S(=O)(=O)c1cccc(C(F)(F)F)c1. The predicted octanol–water partition coefficient (Wildman–Crippen LogP) is 4.80. The molecular formula is C18H15Cl2F3N2O3S. The van der Waals surface area contributed by atoms with Crippen molar-refractivity contribution in [3.05, 3.63) is 58.1 Å². The average molecular weight is 467 g/mol. The Balaban J connectivity index is 1.87. The third kappa shape index (κ3) is 4.85. The van der Waals surface area contributed by atoms with Crippen molar-refractivity contribution in [2.45, 2.75) is 30.0 Å². The molecule has 1 amide bonds. The van der Waals surface area contributed by atoms with Crippen LogP contribution in [0.15, 0.2) is 47.4 Å². The number of rotatable bonds is 4. The van der Waals surface area contributed by atoms with Gasteiger partial charge in [-0.15, -0.1) is 0 Å². The zero-order valence-corrected chi connectivity index (χ0v) is 17.0. The molecule has 11 heteroatoms. The van der Waals surface area contributed by atoms with Gasteiger partial charge in [0.05, 0.1) is 10.5 Å². The van der Waals surface area contributed by atoms with Crippen LogP contribution in [0.1, 0.15) is 18.4 Å². The van der Waals surface area contributed by atoms with Crippen LogP contribution in [0.3, 0.4) is 0 Å². The van der Waals surface area contributed by atoms with Crippen LogP contribution in [0.5, 0.6) is 0 Å². The van der Waals surface area contributed by atoms with Gasteiger partial charge in [0, 0.05) is 22.3 Å². The lowest BCUT2D eigenvalue weighted by atomic mass is 10.2. The number of anilines is 1. The van der Waals surface area contributed by atoms with Gasteiger partial charge in [-0.2, -0.15) is 17.5 Å². The molecule has 2 aromatic carbocycles. The molecule has 0 bridgehead atoms. The first-order valence-corrected chi connectivity index (χ1v) is 10.6. The van der Waals surface area contributed by atoms with E-state index in [0.29, 0.717) is 12.5 Å². The molecule has 3 rings (SSSR count). The Bertz CT molecular complexity index is 1020. The highest BCUT2D eigenvalue weighted by Gasteiger charge is 2.40. The van der Waals surface area contributed by atoms with Gasteiger partial charge in [0.25, 0.3) is 0 Å². The number of carbonyl (C=O) groups excluding carboxylic acids is 1. The molecule has 0 unspecified atom stereocenters. The summed E-state index contributed by atoms with van der Waals surface area (Å²) in [5, 5.41) is 3.13. The maximum absolute atomic E-state index is 13.0. The first kappa shape index (κ1) is 21.9. The van der Waals surface area contributed by atoms with Crippen LogP contribution < -0.4 is 5.32 Å². The first-order valence-electron chi connectivity index (χ1n) is 8.44. The lowest BCUT2D eigenvalue weighted by molar-refractivity contribution is -0.137. The van der Waals surface area contributed by atoms with Crippen LogP contribution in [0.25, 0.3) is 0 Å². The normalized spacial score (nSPS) is 18.0. The quantitative estimate of drug-likeness (QED) is 0.703. The molecule has 0 aliphatic carbocycles. The number of halogens is 5. The van der Waals surface area contributed by atoms with Crippen molar-refractivity contribution < 1.29 is 26.4 Å². The molecule has 1 heterocycles. The minimum Gasteiger partial charge on any atom is -0.325 e. The van der Waals surface area contributed by atoms with Crippen LogP contribution in [0.2, 0.25) is 10.0 Å². The Morgan fingerprint density at radius 3 is 2.38 bits per heavy atom. The molecule has 5 nitrogen and oxygen atoms in total. The predicted molar refractivity (Wildman–Crippen MR) is 103 cm³/mol. The van der Waals surface area contributed by atoms with Crippen molar-refractivity contribution in [1.29, 1.82) is 0 Å². The number of nitrogens with one attached hydrogen (secondary N) is 1. The van der Waals surface area contributed by atoms with Crippen molar-refractivity contribution in [2.24, 2.45) is 0 Å². The topological polar surface area (TPSA) is 66.5 Å². The van der Waals surface area contributed by atoms with Crippen molar-refractivity contribution >= 4 is 44.8 Å². The van der Waals surface area contributed by atoms with E-state index in [1.165, 1.54) is 18.2 Å². The van der Waals surface area contributed by atoms with Gasteiger partial charge in [0.15, 0.2) is 0 Å². The number of benzene rings is 2. The largest absolute Gasteiger partial charge is 0.416 e. The van der Waals surface area contributed by atoms with Crippen LogP contribution in [0.4, 0.5) is 18.9 Å². The van der Waals surface area contributed by atoms with Gasteiger partial charge in [0.2, 0.25) is 15.9 Å². The second-order valence-corrected chi connectivity index (χ2v) is 9.21. The molecule has 1 aliphatic rings. The van der Waals surface area contributed by atoms with E-state index in [1.807, 2.05) is 0 Å². The minimum atomic E-state index is -4.68. The summed E-state index contributed by atoms with van der Waals surface area (Å²) in [5.41, 5.74) is -0.789. The van der Waals surface area contributed by atoms with E-state index < -0.39 is 38.6 Å². The van der Waals surface area contributed by atoms with E-state index in [9.17, 15) is 26.4 Å². The summed E-state index contributed by atoms with van der Waals surface area (Å²) in [4.78, 5) is 12.2. The van der Waals surface area contributed by atoms with Crippen LogP contribution >= 0.6 is 23.2 Å². The number of hydrogen-bond acceptors (Lipinski definition) is 3. The molecule has 0 saturated carbocycles. The van der Waals surface area contributed by atoms with Crippen molar-refractivity contribution in [3.63, 3.8) is 0 Å². The maximum Gasteiger partial charge on any atom is 0.416 e. The van der Waals surface area contributed by atoms with E-state index in [-0.39, 0.29) is 28.7 Å². The van der Waals surface area contributed by atoms with Crippen molar-refractivity contribution in [3.8, 4) is 0 Å². The molecule has 1 aliphatic heterocycles. The Hall–Kier alpha value is -1.81. The molecule has 156 valence electrons. The number of carbonyl (C=O) groups is 1. The molecule has 0 aromatic heterocycles. The standard InChI is InChI=1S/C18H15Cl2F3N2O3S/c19-12-8-13(20)10-14(9-12)24-17(26)16-5-2-6-25(16)29(27,28)15-4-1-3-11(7-15)18(21,22)23/h1,3-4,7-10,16H,2,5-6H2,(H,24,26)/t16-/m1/s1. The fourth-order valence-corrected chi connectivity index (χ4v) is 5.34. The number of alkyl halides is 3. The first-order chi connectivity index (χ1) is 13.5. The average Bonchev–Trinajstić information content (AvgIpc) is 3.11. The number of nitrogens with zero attached hydrogens (tertiary/aromatic N) is 1. The smallest absolute Gasteiger partial charge is 0.325 e. The van der Waals surface area contributed by atoms with Gasteiger partial charge < -0.3 is 5.32 Å². The summed E-state index contributed by atoms with van der Waals surface area (Å²) in [5.74, 6) is -0.614. The molecular weight excluding hydrogens is 452 g/mol. The summed E-state index contributed by atoms with van der Waals surface area (Å²) in [6.07, 6.45) is -4.05. The molecule has 0 radical (unpaired) electrons. The van der Waals surface area contributed by atoms with E-state index in [1.54, 1.807) is 0 Å². The summed E-state index contributed by atoms with van der Waals surface area (Å²) >= 11 is 11.8. The Labute approximate surface area is 175 Å². The highest BCUT2D eigenvalue weighted by Crippen LogP contribution is 2.33. The zero-order chi connectivity index (χ0) is 21.4. The summed E-state index contributed by atoms with van der Waals surface area (Å²) in [6, 6.07) is 6.77. The Morgan fingerprint density at radius 2 is 1.76 bits per heavy atom. The van der Waals surface area contributed by atoms with Crippen molar-refractivity contribution in [2.75, 3.05) is 11.9 Å². The van der Waals surface area contributed by atoms with Gasteiger partial charge in [0.1, 0.15) is 6.04 Å². The van der Waals surface area contributed by atoms with Crippen molar-refractivity contribution in [1.82, 2.24) is 4.31 Å². The van der Waals surface area contributed by atoms with Crippen LogP contribution in [-0.2, 0) is 21.0 Å². The molecule has 1 saturated heterocycles. The number of sulfonamides is 1. The van der Waals surface area contributed by atoms with Gasteiger partial charge in [-0.1, -0.05) is 29.3 Å². The maximum atomic E-state index is 13.0. The fourth-order valence-electron chi connectivity index (χ4n) is 3.11. The van der Waals surface area contributed by atoms with Gasteiger partial charge >= 0.3 is 6.18 Å². The third-order valence-electron chi connectivity index (χ3n) is 4.40. The second-order valence-electron chi connectivity index (χ2n) is 6.45. The lowest BCUT2D eigenvalue weighted by Gasteiger charge is -2.24. The van der Waals surface area contributed by atoms with Gasteiger partial charge in [-0.25, -0.2) is 8.42 Å². The minimum absolute atomic E-state index is 0.0208. The second kappa shape index (κ2) is 8.14. The van der Waals surface area contributed by atoms with Gasteiger partial charge in [-0.3, -0.25) is 4.79 Å². The Morgan fingerprint density at radius 1 is 1.10 bits per heavy atom. The fraction of sp³-hybridized carbons (Fsp3) is 0.278. The van der Waals surface area contributed by atoms with Crippen LogP contribution in [-0.4, -0.2) is 31.2 Å². The highest BCUT2D eigenvalue weighted by atomic mass is 35.5.